The molecule has 0 fully saturated rings. The van der Waals surface area contributed by atoms with Crippen molar-refractivity contribution in [2.24, 2.45) is 23.2 Å². The Hall–Kier alpha value is -5.08. The Morgan fingerprint density at radius 2 is 1.58 bits per heavy atom. The molecule has 8 aliphatic rings. The van der Waals surface area contributed by atoms with Crippen molar-refractivity contribution in [3.8, 4) is 11.1 Å². The van der Waals surface area contributed by atoms with Gasteiger partial charge >= 0.3 is 0 Å². The standard InChI is InChI=1S/C55H56N2/c1-55(2)50-26-13-11-23-45(50)46-30-29-42(36-51(46)55)56(41-21-15-18-38(34-41)37-16-5-3-6-17-37)53-33-31-43(44-22-9-10-24-47(44)53)39-28-32-54-49(35-39)48-25-12-14-27-52(48)57(54)40-19-7-4-8-20-40/h3-7,10-12,15-19,21,23-25,28-29,32-36,43-44,46-48,52H,8-9,13-14,20,22,26-27,30-31H2,1-2H3. The molecule has 0 N–H and O–H groups in total. The van der Waals surface area contributed by atoms with Gasteiger partial charge in [0, 0.05) is 57.7 Å². The van der Waals surface area contributed by atoms with E-state index in [0.29, 0.717) is 35.6 Å². The maximum absolute atomic E-state index is 2.73. The Kier molecular flexibility index (Phi) is 8.68. The molecule has 3 aromatic rings. The summed E-state index contributed by atoms with van der Waals surface area (Å²) in [4.78, 5) is 5.42. The highest BCUT2D eigenvalue weighted by molar-refractivity contribution is 5.73. The van der Waals surface area contributed by atoms with Gasteiger partial charge in [0.15, 0.2) is 0 Å². The van der Waals surface area contributed by atoms with Crippen molar-refractivity contribution in [3.63, 3.8) is 0 Å². The Labute approximate surface area is 340 Å². The zero-order chi connectivity index (χ0) is 38.1. The second-order valence-corrected chi connectivity index (χ2v) is 18.3. The first-order valence-electron chi connectivity index (χ1n) is 22.1. The molecule has 2 heteroatoms. The van der Waals surface area contributed by atoms with E-state index in [4.69, 9.17) is 0 Å². The minimum absolute atomic E-state index is 0.0844. The van der Waals surface area contributed by atoms with Crippen LogP contribution in [0.1, 0.15) is 101 Å². The molecule has 0 spiro atoms. The monoisotopic (exact) mass is 744 g/mol. The highest BCUT2D eigenvalue weighted by Gasteiger charge is 2.46. The van der Waals surface area contributed by atoms with Gasteiger partial charge in [0.05, 0.1) is 0 Å². The number of fused-ring (bicyclic) bond motifs is 6. The molecule has 2 nitrogen and oxygen atoms in total. The van der Waals surface area contributed by atoms with E-state index in [-0.39, 0.29) is 5.41 Å². The fourth-order valence-corrected chi connectivity index (χ4v) is 12.4. The molecule has 6 atom stereocenters. The van der Waals surface area contributed by atoms with Gasteiger partial charge in [-0.05, 0) is 134 Å². The van der Waals surface area contributed by atoms with Gasteiger partial charge in [-0.1, -0.05) is 140 Å². The number of nitrogens with zero attached hydrogens (tertiary/aromatic N) is 2. The van der Waals surface area contributed by atoms with E-state index in [0.717, 1.165) is 32.1 Å². The number of benzene rings is 3. The van der Waals surface area contributed by atoms with Crippen molar-refractivity contribution < 1.29 is 0 Å². The van der Waals surface area contributed by atoms with E-state index in [2.05, 4.69) is 169 Å². The zero-order valence-corrected chi connectivity index (χ0v) is 33.8. The van der Waals surface area contributed by atoms with E-state index < -0.39 is 0 Å². The van der Waals surface area contributed by atoms with Crippen LogP contribution in [0.4, 0.5) is 11.4 Å². The molecular weight excluding hydrogens is 689 g/mol. The summed E-state index contributed by atoms with van der Waals surface area (Å²) >= 11 is 0. The lowest BCUT2D eigenvalue weighted by Crippen LogP contribution is -2.36. The second-order valence-electron chi connectivity index (χ2n) is 18.3. The van der Waals surface area contributed by atoms with E-state index >= 15 is 0 Å². The smallest absolute Gasteiger partial charge is 0.0464 e. The highest BCUT2D eigenvalue weighted by Crippen LogP contribution is 2.58. The van der Waals surface area contributed by atoms with Gasteiger partial charge in [-0.25, -0.2) is 0 Å². The quantitative estimate of drug-likeness (QED) is 0.232. The van der Waals surface area contributed by atoms with Gasteiger partial charge in [0.25, 0.3) is 0 Å². The first-order valence-corrected chi connectivity index (χ1v) is 22.1. The minimum atomic E-state index is 0.0844. The van der Waals surface area contributed by atoms with E-state index in [1.54, 1.807) is 27.8 Å². The number of hydrogen-bond donors (Lipinski definition) is 0. The van der Waals surface area contributed by atoms with Crippen LogP contribution >= 0.6 is 0 Å². The van der Waals surface area contributed by atoms with Gasteiger partial charge in [0.2, 0.25) is 0 Å². The van der Waals surface area contributed by atoms with Crippen LogP contribution in [0.25, 0.3) is 11.1 Å². The fraction of sp³-hybridized carbons (Fsp3) is 0.345. The van der Waals surface area contributed by atoms with Crippen molar-refractivity contribution in [3.05, 3.63) is 191 Å². The Morgan fingerprint density at radius 1 is 0.737 bits per heavy atom. The number of hydrogen-bond acceptors (Lipinski definition) is 2. The van der Waals surface area contributed by atoms with Crippen LogP contribution in [0.15, 0.2) is 180 Å². The molecule has 0 saturated heterocycles. The third-order valence-electron chi connectivity index (χ3n) is 15.1. The van der Waals surface area contributed by atoms with E-state index in [9.17, 15) is 0 Å². The van der Waals surface area contributed by atoms with Crippen molar-refractivity contribution in [2.45, 2.75) is 95.9 Å². The summed E-state index contributed by atoms with van der Waals surface area (Å²) in [5.41, 5.74) is 17.6. The molecule has 0 bridgehead atoms. The molecule has 7 aliphatic carbocycles. The SMILES string of the molecule is CC1(C)C2=CC(N(C3=CCC(c4ccc5c(c4)C4C=CCCC4N5C4=CC=CCC4)C4CCC=CC34)c3cccc(-c4ccccc4)c3)=CCC2C2=C1CCC=C2. The number of allylic oxidation sites excluding steroid dienone is 15. The summed E-state index contributed by atoms with van der Waals surface area (Å²) in [6, 6.07) is 28.5. The lowest BCUT2D eigenvalue weighted by molar-refractivity contribution is 0.305. The summed E-state index contributed by atoms with van der Waals surface area (Å²) in [5, 5.41) is 0. The van der Waals surface area contributed by atoms with Crippen LogP contribution in [0, 0.1) is 23.2 Å². The van der Waals surface area contributed by atoms with E-state index in [1.165, 1.54) is 71.7 Å². The fourth-order valence-electron chi connectivity index (χ4n) is 12.4. The molecular formula is C55H56N2. The maximum Gasteiger partial charge on any atom is 0.0464 e. The molecule has 11 rings (SSSR count). The molecule has 0 amide bonds. The van der Waals surface area contributed by atoms with E-state index in [1.807, 2.05) is 0 Å². The highest BCUT2D eigenvalue weighted by atomic mass is 15.2. The lowest BCUT2D eigenvalue weighted by Gasteiger charge is -2.44. The number of rotatable bonds is 6. The van der Waals surface area contributed by atoms with Crippen LogP contribution in [-0.2, 0) is 0 Å². The molecule has 57 heavy (non-hydrogen) atoms. The largest absolute Gasteiger partial charge is 0.341 e. The third kappa shape index (κ3) is 5.80. The van der Waals surface area contributed by atoms with Crippen LogP contribution < -0.4 is 9.80 Å². The molecule has 6 unspecified atom stereocenters. The van der Waals surface area contributed by atoms with Gasteiger partial charge < -0.3 is 9.80 Å². The summed E-state index contributed by atoms with van der Waals surface area (Å²) in [6.45, 7) is 4.98. The van der Waals surface area contributed by atoms with Gasteiger partial charge in [-0.3, -0.25) is 0 Å². The van der Waals surface area contributed by atoms with Gasteiger partial charge in [0.1, 0.15) is 0 Å². The molecule has 1 heterocycles. The Morgan fingerprint density at radius 3 is 2.46 bits per heavy atom. The Bertz CT molecular complexity index is 2390. The topological polar surface area (TPSA) is 6.48 Å². The van der Waals surface area contributed by atoms with Crippen molar-refractivity contribution in [1.29, 1.82) is 0 Å². The van der Waals surface area contributed by atoms with Gasteiger partial charge in [-0.2, -0.15) is 0 Å². The molecule has 1 aliphatic heterocycles. The van der Waals surface area contributed by atoms with Crippen molar-refractivity contribution in [2.75, 3.05) is 9.80 Å². The predicted octanol–water partition coefficient (Wildman–Crippen LogP) is 14.2. The summed E-state index contributed by atoms with van der Waals surface area (Å²) in [7, 11) is 0. The van der Waals surface area contributed by atoms with Crippen molar-refractivity contribution in [1.82, 2.24) is 0 Å². The maximum atomic E-state index is 2.73. The molecule has 0 radical (unpaired) electrons. The summed E-state index contributed by atoms with van der Waals surface area (Å²) in [5.74, 6) is 2.39. The minimum Gasteiger partial charge on any atom is -0.341 e. The van der Waals surface area contributed by atoms with Crippen LogP contribution in [0.5, 0.6) is 0 Å². The third-order valence-corrected chi connectivity index (χ3v) is 15.1. The van der Waals surface area contributed by atoms with Crippen LogP contribution in [-0.4, -0.2) is 6.04 Å². The first kappa shape index (κ1) is 35.1. The summed E-state index contributed by atoms with van der Waals surface area (Å²) in [6.07, 6.45) is 41.3. The second kappa shape index (κ2) is 14.1. The predicted molar refractivity (Wildman–Crippen MR) is 239 cm³/mol. The average molecular weight is 745 g/mol. The van der Waals surface area contributed by atoms with Crippen LogP contribution in [0.3, 0.4) is 0 Å². The normalized spacial score (nSPS) is 29.1. The Balaban J connectivity index is 0.997. The zero-order valence-electron chi connectivity index (χ0n) is 33.8. The molecule has 3 aromatic carbocycles. The summed E-state index contributed by atoms with van der Waals surface area (Å²) < 4.78 is 0. The molecule has 0 saturated carbocycles. The van der Waals surface area contributed by atoms with Crippen molar-refractivity contribution >= 4 is 11.4 Å². The molecule has 0 aromatic heterocycles. The number of anilines is 2. The average Bonchev–Trinajstić information content (AvgIpc) is 3.72. The van der Waals surface area contributed by atoms with Gasteiger partial charge in [-0.15, -0.1) is 0 Å². The van der Waals surface area contributed by atoms with Crippen LogP contribution in [0.2, 0.25) is 0 Å². The lowest BCUT2D eigenvalue weighted by atomic mass is 9.66. The molecule has 286 valence electrons. The first-order chi connectivity index (χ1) is 28.0.